The molecular formula is C19H27ClN4. The van der Waals surface area contributed by atoms with Gasteiger partial charge < -0.3 is 5.73 Å². The van der Waals surface area contributed by atoms with Crippen molar-refractivity contribution in [3.8, 4) is 11.3 Å². The minimum absolute atomic E-state index is 0.0665. The van der Waals surface area contributed by atoms with Crippen LogP contribution in [0.1, 0.15) is 33.3 Å². The van der Waals surface area contributed by atoms with E-state index in [0.717, 1.165) is 35.9 Å². The molecule has 1 aromatic carbocycles. The minimum Gasteiger partial charge on any atom is -0.326 e. The molecule has 0 spiro atoms. The first kappa shape index (κ1) is 17.5. The Balaban J connectivity index is 1.98. The molecule has 24 heavy (non-hydrogen) atoms. The molecule has 1 aliphatic heterocycles. The van der Waals surface area contributed by atoms with E-state index in [1.54, 1.807) is 0 Å². The van der Waals surface area contributed by atoms with Crippen LogP contribution in [-0.2, 0) is 12.1 Å². The number of hydrogen-bond donors (Lipinski definition) is 1. The third-order valence-corrected chi connectivity index (χ3v) is 5.08. The van der Waals surface area contributed by atoms with E-state index in [1.165, 1.54) is 5.56 Å². The predicted octanol–water partition coefficient (Wildman–Crippen LogP) is 3.74. The molecule has 2 atom stereocenters. The Morgan fingerprint density at radius 1 is 1.25 bits per heavy atom. The van der Waals surface area contributed by atoms with E-state index in [2.05, 4.69) is 38.8 Å². The van der Waals surface area contributed by atoms with Crippen LogP contribution in [0.15, 0.2) is 30.5 Å². The Labute approximate surface area is 149 Å². The topological polar surface area (TPSA) is 47.1 Å². The zero-order chi connectivity index (χ0) is 17.5. The lowest BCUT2D eigenvalue weighted by atomic mass is 10.1. The van der Waals surface area contributed by atoms with Gasteiger partial charge in [-0.25, -0.2) is 0 Å². The van der Waals surface area contributed by atoms with Crippen molar-refractivity contribution in [2.24, 2.45) is 11.7 Å². The van der Waals surface area contributed by atoms with Crippen LogP contribution in [0.5, 0.6) is 0 Å². The van der Waals surface area contributed by atoms with Gasteiger partial charge in [0.15, 0.2) is 0 Å². The molecule has 1 aliphatic rings. The molecule has 5 heteroatoms. The highest BCUT2D eigenvalue weighted by Gasteiger charge is 2.28. The maximum absolute atomic E-state index is 6.43. The highest BCUT2D eigenvalue weighted by molar-refractivity contribution is 6.33. The largest absolute Gasteiger partial charge is 0.326 e. The fourth-order valence-corrected chi connectivity index (χ4v) is 3.44. The maximum Gasteiger partial charge on any atom is 0.0983 e. The molecule has 2 unspecified atom stereocenters. The van der Waals surface area contributed by atoms with Crippen LogP contribution >= 0.6 is 11.6 Å². The fourth-order valence-electron chi connectivity index (χ4n) is 3.21. The SMILES string of the molecule is CC1CN(Cc2cn(C(C)(C)C)nc2-c2ccccc2Cl)CC1N. The van der Waals surface area contributed by atoms with E-state index in [-0.39, 0.29) is 11.6 Å². The van der Waals surface area contributed by atoms with Gasteiger partial charge in [0.1, 0.15) is 0 Å². The summed E-state index contributed by atoms with van der Waals surface area (Å²) in [4.78, 5) is 2.42. The number of nitrogens with two attached hydrogens (primary N) is 1. The van der Waals surface area contributed by atoms with Crippen LogP contribution in [0.2, 0.25) is 5.02 Å². The molecule has 1 aromatic heterocycles. The second-order valence-corrected chi connectivity index (χ2v) is 8.34. The first-order valence-corrected chi connectivity index (χ1v) is 8.95. The maximum atomic E-state index is 6.43. The summed E-state index contributed by atoms with van der Waals surface area (Å²) in [6.07, 6.45) is 2.16. The molecule has 2 N–H and O–H groups in total. The number of hydrogen-bond acceptors (Lipinski definition) is 3. The van der Waals surface area contributed by atoms with E-state index in [0.29, 0.717) is 5.92 Å². The normalized spacial score (nSPS) is 22.2. The number of halogens is 1. The fraction of sp³-hybridized carbons (Fsp3) is 0.526. The van der Waals surface area contributed by atoms with Gasteiger partial charge >= 0.3 is 0 Å². The lowest BCUT2D eigenvalue weighted by Gasteiger charge is -2.19. The number of likely N-dealkylation sites (tertiary alicyclic amines) is 1. The molecule has 4 nitrogen and oxygen atoms in total. The third kappa shape index (κ3) is 3.51. The summed E-state index contributed by atoms with van der Waals surface area (Å²) in [5, 5.41) is 5.61. The monoisotopic (exact) mass is 346 g/mol. The highest BCUT2D eigenvalue weighted by Crippen LogP contribution is 2.32. The van der Waals surface area contributed by atoms with Crippen LogP contribution in [0, 0.1) is 5.92 Å². The molecule has 2 aromatic rings. The van der Waals surface area contributed by atoms with E-state index < -0.39 is 0 Å². The van der Waals surface area contributed by atoms with Crippen LogP contribution in [0.25, 0.3) is 11.3 Å². The number of aromatic nitrogens is 2. The summed E-state index contributed by atoms with van der Waals surface area (Å²) >= 11 is 6.43. The van der Waals surface area contributed by atoms with Gasteiger partial charge in [-0.05, 0) is 32.8 Å². The average Bonchev–Trinajstić information content (AvgIpc) is 3.04. The van der Waals surface area contributed by atoms with Gasteiger partial charge in [-0.1, -0.05) is 36.7 Å². The summed E-state index contributed by atoms with van der Waals surface area (Å²) < 4.78 is 2.04. The molecule has 130 valence electrons. The lowest BCUT2D eigenvalue weighted by Crippen LogP contribution is -2.28. The van der Waals surface area contributed by atoms with Crippen molar-refractivity contribution in [3.05, 3.63) is 41.0 Å². The third-order valence-electron chi connectivity index (χ3n) is 4.75. The molecule has 0 aliphatic carbocycles. The van der Waals surface area contributed by atoms with Crippen molar-refractivity contribution in [2.45, 2.75) is 45.8 Å². The van der Waals surface area contributed by atoms with Crippen molar-refractivity contribution in [1.82, 2.24) is 14.7 Å². The average molecular weight is 347 g/mol. The van der Waals surface area contributed by atoms with Crippen molar-refractivity contribution in [3.63, 3.8) is 0 Å². The molecule has 0 bridgehead atoms. The van der Waals surface area contributed by atoms with Crippen molar-refractivity contribution in [2.75, 3.05) is 13.1 Å². The Kier molecular flexibility index (Phi) is 4.73. The summed E-state index contributed by atoms with van der Waals surface area (Å²) in [7, 11) is 0. The van der Waals surface area contributed by atoms with Gasteiger partial charge in [0.2, 0.25) is 0 Å². The second-order valence-electron chi connectivity index (χ2n) is 7.93. The van der Waals surface area contributed by atoms with Crippen molar-refractivity contribution < 1.29 is 0 Å². The van der Waals surface area contributed by atoms with Crippen LogP contribution in [0.3, 0.4) is 0 Å². The molecule has 3 rings (SSSR count). The van der Waals surface area contributed by atoms with Crippen molar-refractivity contribution in [1.29, 1.82) is 0 Å². The van der Waals surface area contributed by atoms with E-state index in [1.807, 2.05) is 28.9 Å². The highest BCUT2D eigenvalue weighted by atomic mass is 35.5. The Morgan fingerprint density at radius 3 is 2.54 bits per heavy atom. The van der Waals surface area contributed by atoms with Gasteiger partial charge in [0.05, 0.1) is 16.3 Å². The molecular weight excluding hydrogens is 320 g/mol. The summed E-state index contributed by atoms with van der Waals surface area (Å²) in [6, 6.07) is 8.18. The summed E-state index contributed by atoms with van der Waals surface area (Å²) in [5.74, 6) is 0.534. The molecule has 0 radical (unpaired) electrons. The van der Waals surface area contributed by atoms with E-state index >= 15 is 0 Å². The number of rotatable bonds is 3. The van der Waals surface area contributed by atoms with Crippen LogP contribution in [0.4, 0.5) is 0 Å². The van der Waals surface area contributed by atoms with Gasteiger partial charge in [0.25, 0.3) is 0 Å². The van der Waals surface area contributed by atoms with E-state index in [4.69, 9.17) is 22.4 Å². The predicted molar refractivity (Wildman–Crippen MR) is 100 cm³/mol. The van der Waals surface area contributed by atoms with Gasteiger partial charge in [-0.3, -0.25) is 9.58 Å². The van der Waals surface area contributed by atoms with Crippen LogP contribution in [-0.4, -0.2) is 33.8 Å². The van der Waals surface area contributed by atoms with Crippen molar-refractivity contribution >= 4 is 11.6 Å². The second kappa shape index (κ2) is 6.51. The molecule has 0 amide bonds. The van der Waals surface area contributed by atoms with Crippen LogP contribution < -0.4 is 5.73 Å². The zero-order valence-electron chi connectivity index (χ0n) is 15.0. The molecule has 0 saturated carbocycles. The Morgan fingerprint density at radius 2 is 1.96 bits per heavy atom. The van der Waals surface area contributed by atoms with Gasteiger partial charge in [-0.2, -0.15) is 5.10 Å². The molecule has 1 saturated heterocycles. The van der Waals surface area contributed by atoms with Gasteiger partial charge in [0, 0.05) is 43.0 Å². The minimum atomic E-state index is -0.0665. The number of nitrogens with zero attached hydrogens (tertiary/aromatic N) is 3. The Bertz CT molecular complexity index is 706. The zero-order valence-corrected chi connectivity index (χ0v) is 15.7. The van der Waals surface area contributed by atoms with E-state index in [9.17, 15) is 0 Å². The molecule has 2 heterocycles. The standard InChI is InChI=1S/C19H27ClN4/c1-13-9-23(12-17(13)21)10-14-11-24(19(2,3)4)22-18(14)15-7-5-6-8-16(15)20/h5-8,11,13,17H,9-10,12,21H2,1-4H3. The number of benzene rings is 1. The molecule has 1 fully saturated rings. The smallest absolute Gasteiger partial charge is 0.0983 e. The quantitative estimate of drug-likeness (QED) is 0.921. The first-order valence-electron chi connectivity index (χ1n) is 8.57. The lowest BCUT2D eigenvalue weighted by molar-refractivity contribution is 0.317. The first-order chi connectivity index (χ1) is 11.3. The summed E-state index contributed by atoms with van der Waals surface area (Å²) in [6.45, 7) is 11.5. The van der Waals surface area contributed by atoms with Gasteiger partial charge in [-0.15, -0.1) is 0 Å². The Hall–Kier alpha value is -1.36. The summed E-state index contributed by atoms with van der Waals surface area (Å²) in [5.41, 5.74) is 9.30.